The Bertz CT molecular complexity index is 1140. The van der Waals surface area contributed by atoms with Crippen LogP contribution in [0.15, 0.2) is 37.1 Å². The summed E-state index contributed by atoms with van der Waals surface area (Å²) >= 11 is 0. The van der Waals surface area contributed by atoms with Crippen molar-refractivity contribution in [2.75, 3.05) is 37.7 Å². The molecule has 1 fully saturated rings. The van der Waals surface area contributed by atoms with E-state index in [9.17, 15) is 26.3 Å². The lowest BCUT2D eigenvalue weighted by atomic mass is 10.0. The fourth-order valence-electron chi connectivity index (χ4n) is 3.39. The van der Waals surface area contributed by atoms with Crippen molar-refractivity contribution in [1.82, 2.24) is 4.72 Å². The maximum absolute atomic E-state index is 14.3. The van der Waals surface area contributed by atoms with Crippen LogP contribution in [0, 0.1) is 0 Å². The molecule has 3 rings (SSSR count). The molecule has 3 atom stereocenters. The lowest BCUT2D eigenvalue weighted by Gasteiger charge is -2.36. The molecule has 32 heavy (non-hydrogen) atoms. The highest BCUT2D eigenvalue weighted by molar-refractivity contribution is 7.92. The molecule has 1 saturated heterocycles. The number of nitrogens with one attached hydrogen (secondary N) is 1. The molecule has 0 bridgehead atoms. The summed E-state index contributed by atoms with van der Waals surface area (Å²) in [7, 11) is -9.11. The number of benzene rings is 1. The Balaban J connectivity index is 2.21. The van der Waals surface area contributed by atoms with Crippen molar-refractivity contribution in [2.45, 2.75) is 34.5 Å². The number of nitrogens with zero attached hydrogens (tertiary/aromatic N) is 4. The maximum Gasteiger partial charge on any atom is 0.242 e. The van der Waals surface area contributed by atoms with Gasteiger partial charge < -0.3 is 21.5 Å². The summed E-state index contributed by atoms with van der Waals surface area (Å²) in [6, 6.07) is 1.70. The van der Waals surface area contributed by atoms with E-state index in [1.165, 1.54) is 11.0 Å². The zero-order chi connectivity index (χ0) is 23.7. The predicted molar refractivity (Wildman–Crippen MR) is 114 cm³/mol. The summed E-state index contributed by atoms with van der Waals surface area (Å²) < 4.78 is 67.4. The zero-order valence-corrected chi connectivity index (χ0v) is 18.6. The van der Waals surface area contributed by atoms with Crippen LogP contribution in [0.4, 0.5) is 10.1 Å². The Morgan fingerprint density at radius 2 is 2.03 bits per heavy atom. The first-order valence-electron chi connectivity index (χ1n) is 9.60. The molecule has 1 aromatic rings. The van der Waals surface area contributed by atoms with E-state index in [1.807, 2.05) is 0 Å². The van der Waals surface area contributed by atoms with E-state index in [1.54, 1.807) is 0 Å². The second-order valence-electron chi connectivity index (χ2n) is 7.35. The van der Waals surface area contributed by atoms with E-state index in [4.69, 9.17) is 16.6 Å². The minimum absolute atomic E-state index is 0.0899. The number of amidine groups is 1. The molecule has 2 aliphatic rings. The number of alkyl halides is 1. The molecular weight excluding hydrogens is 467 g/mol. The molecule has 16 heteroatoms. The third-order valence-electron chi connectivity index (χ3n) is 5.06. The number of primary sulfonamides is 1. The number of nitrogens with two attached hydrogens (primary N) is 3. The van der Waals surface area contributed by atoms with E-state index in [2.05, 4.69) is 19.9 Å². The van der Waals surface area contributed by atoms with E-state index >= 15 is 0 Å². The highest BCUT2D eigenvalue weighted by Gasteiger charge is 2.35. The topological polar surface area (TPSA) is 219 Å². The van der Waals surface area contributed by atoms with Crippen molar-refractivity contribution in [3.63, 3.8) is 0 Å². The maximum atomic E-state index is 14.3. The number of halogens is 1. The average molecular weight is 493 g/mol. The van der Waals surface area contributed by atoms with Crippen LogP contribution in [0.1, 0.15) is 12.0 Å². The molecule has 0 radical (unpaired) electrons. The Morgan fingerprint density at radius 3 is 2.59 bits per heavy atom. The fraction of sp³-hybridized carbons (Fsp3) is 0.562. The first-order chi connectivity index (χ1) is 15.0. The Morgan fingerprint density at radius 1 is 1.31 bits per heavy atom. The molecule has 8 N–H and O–H groups in total. The lowest BCUT2D eigenvalue weighted by molar-refractivity contribution is 0.186. The number of anilines is 1. The molecule has 2 heterocycles. The van der Waals surface area contributed by atoms with Gasteiger partial charge in [0.25, 0.3) is 0 Å². The Kier molecular flexibility index (Phi) is 7.23. The number of azo groups is 1. The molecule has 0 saturated carbocycles. The summed E-state index contributed by atoms with van der Waals surface area (Å²) in [6.45, 7) is -0.610. The van der Waals surface area contributed by atoms with Crippen molar-refractivity contribution >= 4 is 31.6 Å². The summed E-state index contributed by atoms with van der Waals surface area (Å²) in [5.74, 6) is -0.145. The second kappa shape index (κ2) is 9.42. The van der Waals surface area contributed by atoms with Crippen molar-refractivity contribution in [3.05, 3.63) is 17.7 Å². The Labute approximate surface area is 184 Å². The number of sulfonamides is 2. The second-order valence-corrected chi connectivity index (χ2v) is 10.6. The van der Waals surface area contributed by atoms with E-state index < -0.39 is 54.7 Å². The van der Waals surface area contributed by atoms with E-state index in [0.29, 0.717) is 0 Å². The number of hydrogen-bond acceptors (Lipinski definition) is 11. The van der Waals surface area contributed by atoms with Gasteiger partial charge in [-0.2, -0.15) is 5.11 Å². The van der Waals surface area contributed by atoms with Gasteiger partial charge in [-0.1, -0.05) is 0 Å². The van der Waals surface area contributed by atoms with Crippen LogP contribution in [0.2, 0.25) is 0 Å². The van der Waals surface area contributed by atoms with E-state index in [0.717, 1.165) is 6.07 Å². The molecule has 178 valence electrons. The van der Waals surface area contributed by atoms with Gasteiger partial charge in [0.05, 0.1) is 18.2 Å². The van der Waals surface area contributed by atoms with Crippen LogP contribution in [0.5, 0.6) is 0 Å². The molecule has 0 aromatic heterocycles. The number of aliphatic imine (C=N–C) groups is 1. The molecule has 1 aromatic carbocycles. The van der Waals surface area contributed by atoms with Gasteiger partial charge in [-0.15, -0.1) is 5.11 Å². The van der Waals surface area contributed by atoms with Crippen LogP contribution in [-0.2, 0) is 20.0 Å². The quantitative estimate of drug-likeness (QED) is 0.272. The van der Waals surface area contributed by atoms with Crippen molar-refractivity contribution in [1.29, 1.82) is 0 Å². The van der Waals surface area contributed by atoms with Crippen LogP contribution < -0.4 is 26.2 Å². The molecule has 0 spiro atoms. The number of hydrogen-bond donors (Lipinski definition) is 5. The Hall–Kier alpha value is -2.08. The SMILES string of the molecule is NC[C@@H](O)CNS(=O)(=O)c1ccc(N2CC[C@@H](N)[C@H](F)C2)c(C2=NCN=N2)c1S(N)(=O)=O. The fourth-order valence-corrected chi connectivity index (χ4v) is 6.06. The minimum Gasteiger partial charge on any atom is -0.390 e. The first kappa shape index (κ1) is 24.6. The van der Waals surface area contributed by atoms with Gasteiger partial charge in [0.1, 0.15) is 16.0 Å². The summed E-state index contributed by atoms with van der Waals surface area (Å²) in [6.07, 6.45) is -2.28. The first-order valence-corrected chi connectivity index (χ1v) is 12.6. The molecule has 13 nitrogen and oxygen atoms in total. The van der Waals surface area contributed by atoms with E-state index in [-0.39, 0.29) is 49.8 Å². The van der Waals surface area contributed by atoms with Crippen LogP contribution in [0.3, 0.4) is 0 Å². The van der Waals surface area contributed by atoms with Gasteiger partial charge in [-0.25, -0.2) is 36.1 Å². The molecule has 0 unspecified atom stereocenters. The molecule has 2 aliphatic heterocycles. The van der Waals surface area contributed by atoms with Gasteiger partial charge in [-0.3, -0.25) is 0 Å². The van der Waals surface area contributed by atoms with Crippen molar-refractivity contribution in [2.24, 2.45) is 31.8 Å². The number of aliphatic hydroxyl groups excluding tert-OH is 1. The normalized spacial score (nSPS) is 22.8. The van der Waals surface area contributed by atoms with Gasteiger partial charge >= 0.3 is 0 Å². The van der Waals surface area contributed by atoms with Crippen LogP contribution >= 0.6 is 0 Å². The minimum atomic E-state index is -4.65. The predicted octanol–water partition coefficient (Wildman–Crippen LogP) is -2.02. The van der Waals surface area contributed by atoms with Gasteiger partial charge in [-0.05, 0) is 18.6 Å². The van der Waals surface area contributed by atoms with Gasteiger partial charge in [0, 0.05) is 31.4 Å². The van der Waals surface area contributed by atoms with Crippen LogP contribution in [-0.4, -0.2) is 78.9 Å². The number of rotatable bonds is 8. The van der Waals surface area contributed by atoms with Crippen LogP contribution in [0.25, 0.3) is 0 Å². The van der Waals surface area contributed by atoms with Gasteiger partial charge in [0.2, 0.25) is 20.0 Å². The lowest BCUT2D eigenvalue weighted by Crippen LogP contribution is -2.49. The highest BCUT2D eigenvalue weighted by atomic mass is 32.2. The van der Waals surface area contributed by atoms with Crippen molar-refractivity contribution in [3.8, 4) is 0 Å². The zero-order valence-electron chi connectivity index (χ0n) is 16.9. The van der Waals surface area contributed by atoms with Gasteiger partial charge in [0.15, 0.2) is 12.5 Å². The van der Waals surface area contributed by atoms with Crippen molar-refractivity contribution < 1.29 is 26.3 Å². The monoisotopic (exact) mass is 492 g/mol. The molecule has 0 amide bonds. The number of aliphatic hydroxyl groups is 1. The average Bonchev–Trinajstić information content (AvgIpc) is 3.27. The number of piperidine rings is 1. The summed E-state index contributed by atoms with van der Waals surface area (Å²) in [5, 5.41) is 22.5. The standard InChI is InChI=1S/C16H25FN8O5S2/c17-10-7-25(4-3-11(10)19)12-1-2-13(32(29,30)23-6-9(26)5-18)15(31(20,27)28)14(12)16-21-8-22-24-16/h1-2,9-11,23,26H,3-8,18-19H2,(H2,20,27,28)/t9-,10-,11-/m1/s1. The summed E-state index contributed by atoms with van der Waals surface area (Å²) in [5.41, 5.74) is 11.0. The third kappa shape index (κ3) is 5.11. The third-order valence-corrected chi connectivity index (χ3v) is 7.65. The highest BCUT2D eigenvalue weighted by Crippen LogP contribution is 2.35. The summed E-state index contributed by atoms with van der Waals surface area (Å²) in [4.78, 5) is 4.14. The largest absolute Gasteiger partial charge is 0.390 e. The smallest absolute Gasteiger partial charge is 0.242 e. The molecular formula is C16H25FN8O5S2. The molecule has 0 aliphatic carbocycles.